The van der Waals surface area contributed by atoms with Crippen molar-refractivity contribution in [3.63, 3.8) is 0 Å². The normalized spacial score (nSPS) is 12.4. The zero-order chi connectivity index (χ0) is 14.5. The lowest BCUT2D eigenvalue weighted by Gasteiger charge is -2.19. The van der Waals surface area contributed by atoms with Crippen LogP contribution in [0.2, 0.25) is 10.0 Å². The summed E-state index contributed by atoms with van der Waals surface area (Å²) >= 11 is 12.0. The van der Waals surface area contributed by atoms with Gasteiger partial charge < -0.3 is 5.32 Å². The Balaban J connectivity index is 2.38. The molecule has 0 bridgehead atoms. The van der Waals surface area contributed by atoms with Gasteiger partial charge in [-0.1, -0.05) is 36.2 Å². The third-order valence-corrected chi connectivity index (χ3v) is 3.67. The molecule has 2 aromatic rings. The van der Waals surface area contributed by atoms with Crippen LogP contribution in [-0.4, -0.2) is 11.5 Å². The summed E-state index contributed by atoms with van der Waals surface area (Å²) in [6.07, 6.45) is 3.81. The van der Waals surface area contributed by atoms with Gasteiger partial charge in [0.1, 0.15) is 5.82 Å². The summed E-state index contributed by atoms with van der Waals surface area (Å²) < 4.78 is 13.4. The molecule has 0 fully saturated rings. The van der Waals surface area contributed by atoms with Gasteiger partial charge in [-0.05, 0) is 42.3 Å². The van der Waals surface area contributed by atoms with E-state index in [1.54, 1.807) is 18.3 Å². The van der Waals surface area contributed by atoms with Gasteiger partial charge in [0.25, 0.3) is 0 Å². The second kappa shape index (κ2) is 7.02. The lowest BCUT2D eigenvalue weighted by molar-refractivity contribution is 0.580. The quantitative estimate of drug-likeness (QED) is 0.871. The van der Waals surface area contributed by atoms with Crippen molar-refractivity contribution in [3.8, 4) is 0 Å². The largest absolute Gasteiger partial charge is 0.306 e. The van der Waals surface area contributed by atoms with Gasteiger partial charge in [-0.15, -0.1) is 0 Å². The highest BCUT2D eigenvalue weighted by Gasteiger charge is 2.15. The van der Waals surface area contributed by atoms with Crippen LogP contribution in [0.5, 0.6) is 0 Å². The lowest BCUT2D eigenvalue weighted by atomic mass is 10.00. The molecule has 2 rings (SSSR count). The van der Waals surface area contributed by atoms with Gasteiger partial charge in [-0.25, -0.2) is 4.39 Å². The van der Waals surface area contributed by atoms with Crippen LogP contribution in [0.15, 0.2) is 36.7 Å². The van der Waals surface area contributed by atoms with E-state index in [0.717, 1.165) is 24.1 Å². The molecule has 5 heteroatoms. The van der Waals surface area contributed by atoms with E-state index in [4.69, 9.17) is 23.2 Å². The van der Waals surface area contributed by atoms with Crippen molar-refractivity contribution in [1.82, 2.24) is 10.3 Å². The molecular formula is C15H15Cl2FN2. The first kappa shape index (κ1) is 15.2. The fourth-order valence-corrected chi connectivity index (χ4v) is 2.30. The van der Waals surface area contributed by atoms with Crippen LogP contribution in [0.4, 0.5) is 4.39 Å². The molecule has 0 aliphatic rings. The van der Waals surface area contributed by atoms with Crippen LogP contribution in [0.1, 0.15) is 30.5 Å². The average molecular weight is 313 g/mol. The highest BCUT2D eigenvalue weighted by molar-refractivity contribution is 6.42. The van der Waals surface area contributed by atoms with Crippen LogP contribution in [0, 0.1) is 5.82 Å². The van der Waals surface area contributed by atoms with Crippen molar-refractivity contribution < 1.29 is 4.39 Å². The van der Waals surface area contributed by atoms with Gasteiger partial charge in [0.05, 0.1) is 22.3 Å². The van der Waals surface area contributed by atoms with E-state index in [0.29, 0.717) is 10.0 Å². The maximum absolute atomic E-state index is 13.4. The number of hydrogen-bond donors (Lipinski definition) is 1. The fourth-order valence-electron chi connectivity index (χ4n) is 1.99. The zero-order valence-electron chi connectivity index (χ0n) is 11.0. The van der Waals surface area contributed by atoms with Crippen molar-refractivity contribution >= 4 is 23.2 Å². The first-order chi connectivity index (χ1) is 9.61. The third-order valence-electron chi connectivity index (χ3n) is 2.93. The van der Waals surface area contributed by atoms with E-state index in [2.05, 4.69) is 17.2 Å². The van der Waals surface area contributed by atoms with E-state index >= 15 is 0 Å². The van der Waals surface area contributed by atoms with Crippen LogP contribution < -0.4 is 5.32 Å². The van der Waals surface area contributed by atoms with Gasteiger partial charge >= 0.3 is 0 Å². The molecule has 20 heavy (non-hydrogen) atoms. The molecule has 0 spiro atoms. The Morgan fingerprint density at radius 3 is 2.60 bits per heavy atom. The minimum atomic E-state index is -0.356. The minimum absolute atomic E-state index is 0.159. The van der Waals surface area contributed by atoms with E-state index in [1.165, 1.54) is 12.3 Å². The summed E-state index contributed by atoms with van der Waals surface area (Å²) in [5.41, 5.74) is 1.69. The van der Waals surface area contributed by atoms with Crippen molar-refractivity contribution in [2.75, 3.05) is 6.54 Å². The number of benzene rings is 1. The molecule has 2 nitrogen and oxygen atoms in total. The number of pyridine rings is 1. The van der Waals surface area contributed by atoms with Gasteiger partial charge in [0.15, 0.2) is 0 Å². The van der Waals surface area contributed by atoms with Crippen LogP contribution >= 0.6 is 23.2 Å². The summed E-state index contributed by atoms with van der Waals surface area (Å²) in [5.74, 6) is -0.356. The van der Waals surface area contributed by atoms with Crippen molar-refractivity contribution in [2.24, 2.45) is 0 Å². The minimum Gasteiger partial charge on any atom is -0.306 e. The first-order valence-electron chi connectivity index (χ1n) is 6.40. The molecule has 0 saturated heterocycles. The first-order valence-corrected chi connectivity index (χ1v) is 7.16. The van der Waals surface area contributed by atoms with Crippen LogP contribution in [-0.2, 0) is 0 Å². The number of rotatable bonds is 5. The smallest absolute Gasteiger partial charge is 0.141 e. The second-order valence-electron chi connectivity index (χ2n) is 4.50. The Bertz CT molecular complexity index is 590. The highest BCUT2D eigenvalue weighted by Crippen LogP contribution is 2.28. The maximum atomic E-state index is 13.4. The molecule has 1 unspecified atom stereocenters. The average Bonchev–Trinajstić information content (AvgIpc) is 2.43. The van der Waals surface area contributed by atoms with Gasteiger partial charge in [-0.2, -0.15) is 0 Å². The standard InChI is InChI=1S/C15H15Cl2FN2/c1-2-5-20-15(11-6-12(18)9-19-8-11)10-3-4-13(16)14(17)7-10/h3-4,6-9,15,20H,2,5H2,1H3. The predicted molar refractivity (Wildman–Crippen MR) is 80.8 cm³/mol. The number of hydrogen-bond acceptors (Lipinski definition) is 2. The van der Waals surface area contributed by atoms with Crippen LogP contribution in [0.3, 0.4) is 0 Å². The third kappa shape index (κ3) is 3.69. The topological polar surface area (TPSA) is 24.9 Å². The Kier molecular flexibility index (Phi) is 5.35. The summed E-state index contributed by atoms with van der Waals surface area (Å²) in [4.78, 5) is 3.90. The molecule has 0 saturated carbocycles. The van der Waals surface area contributed by atoms with Crippen molar-refractivity contribution in [3.05, 3.63) is 63.6 Å². The zero-order valence-corrected chi connectivity index (χ0v) is 12.5. The molecule has 1 atom stereocenters. The summed E-state index contributed by atoms with van der Waals surface area (Å²) in [6.45, 7) is 2.88. The van der Waals surface area contributed by atoms with Crippen molar-refractivity contribution in [1.29, 1.82) is 0 Å². The fraction of sp³-hybridized carbons (Fsp3) is 0.267. The molecule has 0 aliphatic heterocycles. The number of halogens is 3. The lowest BCUT2D eigenvalue weighted by Crippen LogP contribution is -2.23. The Morgan fingerprint density at radius 1 is 1.15 bits per heavy atom. The number of nitrogens with zero attached hydrogens (tertiary/aromatic N) is 1. The molecule has 1 heterocycles. The molecule has 1 aromatic heterocycles. The summed E-state index contributed by atoms with van der Waals surface area (Å²) in [7, 11) is 0. The monoisotopic (exact) mass is 312 g/mol. The van der Waals surface area contributed by atoms with E-state index in [9.17, 15) is 4.39 Å². The summed E-state index contributed by atoms with van der Waals surface area (Å²) in [5, 5.41) is 4.35. The Labute approximate surface area is 127 Å². The van der Waals surface area contributed by atoms with Gasteiger partial charge in [0.2, 0.25) is 0 Å². The molecule has 106 valence electrons. The SMILES string of the molecule is CCCNC(c1cncc(F)c1)c1ccc(Cl)c(Cl)c1. The molecular weight excluding hydrogens is 298 g/mol. The van der Waals surface area contributed by atoms with E-state index in [-0.39, 0.29) is 11.9 Å². The Hall–Kier alpha value is -1.16. The predicted octanol–water partition coefficient (Wildman–Crippen LogP) is 4.62. The second-order valence-corrected chi connectivity index (χ2v) is 5.31. The maximum Gasteiger partial charge on any atom is 0.141 e. The van der Waals surface area contributed by atoms with Crippen LogP contribution in [0.25, 0.3) is 0 Å². The Morgan fingerprint density at radius 2 is 1.95 bits per heavy atom. The summed E-state index contributed by atoms with van der Waals surface area (Å²) in [6, 6.07) is 6.73. The van der Waals surface area contributed by atoms with Crippen molar-refractivity contribution in [2.45, 2.75) is 19.4 Å². The van der Waals surface area contributed by atoms with Gasteiger partial charge in [0, 0.05) is 6.20 Å². The molecule has 1 N–H and O–H groups in total. The number of aromatic nitrogens is 1. The molecule has 0 radical (unpaired) electrons. The highest BCUT2D eigenvalue weighted by atomic mass is 35.5. The molecule has 0 amide bonds. The van der Waals surface area contributed by atoms with E-state index in [1.807, 2.05) is 6.07 Å². The van der Waals surface area contributed by atoms with E-state index < -0.39 is 0 Å². The molecule has 0 aliphatic carbocycles. The molecule has 1 aromatic carbocycles. The van der Waals surface area contributed by atoms with Gasteiger partial charge in [-0.3, -0.25) is 4.98 Å². The number of nitrogens with one attached hydrogen (secondary N) is 1.